The van der Waals surface area contributed by atoms with Crippen molar-refractivity contribution in [2.24, 2.45) is 5.92 Å². The topological polar surface area (TPSA) is 55.2 Å². The molecular formula is C15H24N2O2. The summed E-state index contributed by atoms with van der Waals surface area (Å²) in [4.78, 5) is 10.5. The van der Waals surface area contributed by atoms with E-state index in [4.69, 9.17) is 0 Å². The van der Waals surface area contributed by atoms with Crippen LogP contribution in [0.3, 0.4) is 0 Å². The Labute approximate surface area is 115 Å². The summed E-state index contributed by atoms with van der Waals surface area (Å²) in [5.41, 5.74) is 2.10. The monoisotopic (exact) mass is 264 g/mol. The van der Waals surface area contributed by atoms with Crippen molar-refractivity contribution < 1.29 is 4.92 Å². The lowest BCUT2D eigenvalue weighted by molar-refractivity contribution is -0.385. The Hall–Kier alpha value is -1.42. The SMILES string of the molecule is CCNC(C)C(c1ccc([N+](=O)[O-])c(C)c1)C(C)C. The van der Waals surface area contributed by atoms with Crippen LogP contribution in [0.1, 0.15) is 44.7 Å². The second kappa shape index (κ2) is 6.66. The minimum atomic E-state index is -0.322. The molecule has 1 aromatic carbocycles. The highest BCUT2D eigenvalue weighted by Gasteiger charge is 2.23. The molecule has 0 heterocycles. The Morgan fingerprint density at radius 1 is 1.32 bits per heavy atom. The smallest absolute Gasteiger partial charge is 0.272 e. The summed E-state index contributed by atoms with van der Waals surface area (Å²) in [7, 11) is 0. The first-order chi connectivity index (χ1) is 8.88. The summed E-state index contributed by atoms with van der Waals surface area (Å²) in [6.45, 7) is 11.4. The lowest BCUT2D eigenvalue weighted by atomic mass is 9.82. The van der Waals surface area contributed by atoms with Crippen molar-refractivity contribution in [2.45, 2.75) is 46.6 Å². The van der Waals surface area contributed by atoms with Gasteiger partial charge in [-0.15, -0.1) is 0 Å². The lowest BCUT2D eigenvalue weighted by Crippen LogP contribution is -2.34. The van der Waals surface area contributed by atoms with Gasteiger partial charge < -0.3 is 5.32 Å². The molecule has 1 rings (SSSR count). The van der Waals surface area contributed by atoms with Crippen LogP contribution < -0.4 is 5.32 Å². The van der Waals surface area contributed by atoms with Crippen LogP contribution in [0.25, 0.3) is 0 Å². The predicted molar refractivity (Wildman–Crippen MR) is 78.6 cm³/mol. The van der Waals surface area contributed by atoms with E-state index < -0.39 is 0 Å². The number of nitro benzene ring substituents is 1. The fourth-order valence-electron chi connectivity index (χ4n) is 2.79. The Morgan fingerprint density at radius 3 is 2.37 bits per heavy atom. The molecule has 2 unspecified atom stereocenters. The van der Waals surface area contributed by atoms with E-state index in [0.717, 1.165) is 12.1 Å². The number of nitro groups is 1. The van der Waals surface area contributed by atoms with Gasteiger partial charge in [0, 0.05) is 23.6 Å². The minimum Gasteiger partial charge on any atom is -0.314 e. The second-order valence-corrected chi connectivity index (χ2v) is 5.42. The molecular weight excluding hydrogens is 240 g/mol. The maximum atomic E-state index is 10.9. The maximum Gasteiger partial charge on any atom is 0.272 e. The van der Waals surface area contributed by atoms with E-state index in [2.05, 4.69) is 33.0 Å². The van der Waals surface area contributed by atoms with Gasteiger partial charge >= 0.3 is 0 Å². The molecule has 0 aliphatic carbocycles. The lowest BCUT2D eigenvalue weighted by Gasteiger charge is -2.28. The number of benzene rings is 1. The van der Waals surface area contributed by atoms with E-state index in [1.165, 1.54) is 5.56 Å². The zero-order chi connectivity index (χ0) is 14.6. The summed E-state index contributed by atoms with van der Waals surface area (Å²) in [5, 5.41) is 14.3. The van der Waals surface area contributed by atoms with Crippen molar-refractivity contribution in [3.05, 3.63) is 39.4 Å². The van der Waals surface area contributed by atoms with E-state index in [0.29, 0.717) is 17.9 Å². The van der Waals surface area contributed by atoms with Crippen molar-refractivity contribution in [3.63, 3.8) is 0 Å². The minimum absolute atomic E-state index is 0.197. The van der Waals surface area contributed by atoms with E-state index in [-0.39, 0.29) is 10.6 Å². The Kier molecular flexibility index (Phi) is 5.48. The molecule has 4 heteroatoms. The van der Waals surface area contributed by atoms with Crippen LogP contribution in [-0.2, 0) is 0 Å². The van der Waals surface area contributed by atoms with Crippen LogP contribution >= 0.6 is 0 Å². The third-order valence-electron chi connectivity index (χ3n) is 3.59. The standard InChI is InChI=1S/C15H24N2O2/c1-6-16-12(5)15(10(2)3)13-7-8-14(17(18)19)11(4)9-13/h7-10,12,15-16H,6H2,1-5H3. The van der Waals surface area contributed by atoms with E-state index >= 15 is 0 Å². The molecule has 0 amide bonds. The number of nitrogens with zero attached hydrogens (tertiary/aromatic N) is 1. The average Bonchev–Trinajstić information content (AvgIpc) is 2.28. The Bertz CT molecular complexity index is 444. The van der Waals surface area contributed by atoms with Crippen molar-refractivity contribution in [2.75, 3.05) is 6.54 Å². The van der Waals surface area contributed by atoms with Crippen LogP contribution in [0.4, 0.5) is 5.69 Å². The molecule has 0 fully saturated rings. The van der Waals surface area contributed by atoms with Gasteiger partial charge in [0.15, 0.2) is 0 Å². The predicted octanol–water partition coefficient (Wildman–Crippen LogP) is 3.64. The summed E-state index contributed by atoms with van der Waals surface area (Å²) >= 11 is 0. The molecule has 106 valence electrons. The first-order valence-corrected chi connectivity index (χ1v) is 6.86. The normalized spacial score (nSPS) is 14.4. The number of nitrogens with one attached hydrogen (secondary N) is 1. The van der Waals surface area contributed by atoms with Gasteiger partial charge in [0.25, 0.3) is 5.69 Å². The maximum absolute atomic E-state index is 10.9. The Balaban J connectivity index is 3.10. The van der Waals surface area contributed by atoms with Gasteiger partial charge in [0.1, 0.15) is 0 Å². The molecule has 0 saturated carbocycles. The van der Waals surface area contributed by atoms with Gasteiger partial charge in [-0.25, -0.2) is 0 Å². The number of hydrogen-bond donors (Lipinski definition) is 1. The van der Waals surface area contributed by atoms with Crippen molar-refractivity contribution in [1.82, 2.24) is 5.32 Å². The van der Waals surface area contributed by atoms with E-state index in [1.54, 1.807) is 13.0 Å². The van der Waals surface area contributed by atoms with Crippen LogP contribution in [0.2, 0.25) is 0 Å². The molecule has 19 heavy (non-hydrogen) atoms. The molecule has 0 aromatic heterocycles. The zero-order valence-corrected chi connectivity index (χ0v) is 12.4. The fraction of sp³-hybridized carbons (Fsp3) is 0.600. The summed E-state index contributed by atoms with van der Waals surface area (Å²) in [5.74, 6) is 0.842. The van der Waals surface area contributed by atoms with Crippen LogP contribution in [0.15, 0.2) is 18.2 Å². The average molecular weight is 264 g/mol. The quantitative estimate of drug-likeness (QED) is 0.630. The zero-order valence-electron chi connectivity index (χ0n) is 12.4. The molecule has 4 nitrogen and oxygen atoms in total. The highest BCUT2D eigenvalue weighted by Crippen LogP contribution is 2.31. The molecule has 0 radical (unpaired) electrons. The number of aryl methyl sites for hydroxylation is 1. The summed E-state index contributed by atoms with van der Waals surface area (Å²) in [6.07, 6.45) is 0. The summed E-state index contributed by atoms with van der Waals surface area (Å²) in [6, 6.07) is 5.82. The second-order valence-electron chi connectivity index (χ2n) is 5.42. The molecule has 0 aliphatic rings. The molecule has 0 spiro atoms. The largest absolute Gasteiger partial charge is 0.314 e. The Morgan fingerprint density at radius 2 is 1.95 bits per heavy atom. The number of rotatable bonds is 6. The first kappa shape index (κ1) is 15.6. The van der Waals surface area contributed by atoms with Gasteiger partial charge in [-0.2, -0.15) is 0 Å². The first-order valence-electron chi connectivity index (χ1n) is 6.86. The van der Waals surface area contributed by atoms with Crippen molar-refractivity contribution in [1.29, 1.82) is 0 Å². The van der Waals surface area contributed by atoms with Crippen LogP contribution in [0, 0.1) is 23.0 Å². The van der Waals surface area contributed by atoms with Crippen LogP contribution in [-0.4, -0.2) is 17.5 Å². The number of hydrogen-bond acceptors (Lipinski definition) is 3. The van der Waals surface area contributed by atoms with Crippen molar-refractivity contribution >= 4 is 5.69 Å². The molecule has 0 bridgehead atoms. The van der Waals surface area contributed by atoms with Gasteiger partial charge in [0.05, 0.1) is 4.92 Å². The fourth-order valence-corrected chi connectivity index (χ4v) is 2.79. The van der Waals surface area contributed by atoms with E-state index in [1.807, 2.05) is 12.1 Å². The molecule has 2 atom stereocenters. The molecule has 0 aliphatic heterocycles. The summed E-state index contributed by atoms with van der Waals surface area (Å²) < 4.78 is 0. The molecule has 1 aromatic rings. The van der Waals surface area contributed by atoms with Gasteiger partial charge in [-0.1, -0.05) is 26.8 Å². The van der Waals surface area contributed by atoms with E-state index in [9.17, 15) is 10.1 Å². The third kappa shape index (κ3) is 3.77. The highest BCUT2D eigenvalue weighted by molar-refractivity contribution is 5.43. The van der Waals surface area contributed by atoms with Gasteiger partial charge in [0.2, 0.25) is 0 Å². The van der Waals surface area contributed by atoms with Crippen molar-refractivity contribution in [3.8, 4) is 0 Å². The highest BCUT2D eigenvalue weighted by atomic mass is 16.6. The van der Waals surface area contributed by atoms with Gasteiger partial charge in [-0.05, 0) is 37.9 Å². The molecule has 1 N–H and O–H groups in total. The number of likely N-dealkylation sites (N-methyl/N-ethyl adjacent to an activating group) is 1. The third-order valence-corrected chi connectivity index (χ3v) is 3.59. The molecule has 0 saturated heterocycles. The van der Waals surface area contributed by atoms with Crippen LogP contribution in [0.5, 0.6) is 0 Å². The van der Waals surface area contributed by atoms with Gasteiger partial charge in [-0.3, -0.25) is 10.1 Å².